The highest BCUT2D eigenvalue weighted by Gasteiger charge is 2.32. The van der Waals surface area contributed by atoms with Gasteiger partial charge in [-0.15, -0.1) is 0 Å². The van der Waals surface area contributed by atoms with E-state index in [0.29, 0.717) is 53.4 Å². The van der Waals surface area contributed by atoms with Crippen LogP contribution in [0.15, 0.2) is 58.4 Å². The van der Waals surface area contributed by atoms with Gasteiger partial charge in [-0.05, 0) is 86.5 Å². The number of hydrogen-bond donors (Lipinski definition) is 7. The van der Waals surface area contributed by atoms with Gasteiger partial charge in [0.25, 0.3) is 11.8 Å². The first-order chi connectivity index (χ1) is 25.3. The molecule has 14 nitrogen and oxygen atoms in total. The Morgan fingerprint density at radius 2 is 1.47 bits per heavy atom. The lowest BCUT2D eigenvalue weighted by atomic mass is 10.0. The van der Waals surface area contributed by atoms with Crippen molar-refractivity contribution < 1.29 is 28.4 Å². The standard InChI is InChI=1S/C36H48FN9O5S2/c1-2-3-7-26(30(39)47)43-32(49)27(8-4-5-18-38)45-33(50)28(9-6-19-42-35(40)41)44-31(48)24-14-10-22(11-15-24)20-29-34(51)46(36(52)53-29)21-23-12-16-25(37)17-13-23/h10-17,20,26-28H,2-9,18-19,21,38H2,1H3,(H2,39,47)(H,43,49)(H,44,48)(H,45,50)(H4,40,41,42)/b29-20-/t26-,27-,28-/m0/s1. The smallest absolute Gasteiger partial charge is 0.266 e. The van der Waals surface area contributed by atoms with Crippen molar-refractivity contribution in [2.45, 2.75) is 83.0 Å². The van der Waals surface area contributed by atoms with Crippen molar-refractivity contribution in [3.8, 4) is 0 Å². The quantitative estimate of drug-likeness (QED) is 0.0321. The number of primary amides is 1. The first kappa shape index (κ1) is 42.5. The summed E-state index contributed by atoms with van der Waals surface area (Å²) in [6.45, 7) is 2.74. The molecule has 5 amide bonds. The number of carbonyl (C=O) groups is 5. The number of carbonyl (C=O) groups excluding carboxylic acids is 5. The van der Waals surface area contributed by atoms with E-state index in [1.165, 1.54) is 17.0 Å². The maximum atomic E-state index is 13.7. The lowest BCUT2D eigenvalue weighted by Crippen LogP contribution is -2.56. The molecule has 3 rings (SSSR count). The average Bonchev–Trinajstić information content (AvgIpc) is 3.38. The van der Waals surface area contributed by atoms with Crippen LogP contribution in [0.25, 0.3) is 6.08 Å². The highest BCUT2D eigenvalue weighted by molar-refractivity contribution is 8.26. The molecule has 2 aromatic rings. The van der Waals surface area contributed by atoms with Crippen LogP contribution >= 0.6 is 24.0 Å². The number of unbranched alkanes of at least 4 members (excludes halogenated alkanes) is 2. The van der Waals surface area contributed by atoms with E-state index in [-0.39, 0.29) is 49.2 Å². The fourth-order valence-electron chi connectivity index (χ4n) is 5.30. The summed E-state index contributed by atoms with van der Waals surface area (Å²) in [5.41, 5.74) is 23.7. The highest BCUT2D eigenvalue weighted by atomic mass is 32.2. The zero-order valence-electron chi connectivity index (χ0n) is 29.6. The third kappa shape index (κ3) is 13.9. The predicted molar refractivity (Wildman–Crippen MR) is 208 cm³/mol. The molecule has 1 aliphatic heterocycles. The topological polar surface area (TPSA) is 241 Å². The molecule has 0 aromatic heterocycles. The molecular weight excluding hydrogens is 722 g/mol. The Morgan fingerprint density at radius 3 is 2.08 bits per heavy atom. The highest BCUT2D eigenvalue weighted by Crippen LogP contribution is 2.33. The molecule has 0 aliphatic carbocycles. The van der Waals surface area contributed by atoms with Crippen LogP contribution in [0.3, 0.4) is 0 Å². The molecule has 0 unspecified atom stereocenters. The number of benzene rings is 2. The number of thiocarbonyl (C=S) groups is 1. The normalized spacial score (nSPS) is 15.1. The Morgan fingerprint density at radius 1 is 0.868 bits per heavy atom. The van der Waals surface area contributed by atoms with Gasteiger partial charge in [0, 0.05) is 12.1 Å². The Balaban J connectivity index is 1.73. The molecule has 0 bridgehead atoms. The molecule has 1 saturated heterocycles. The number of nitrogens with two attached hydrogens (primary N) is 4. The molecular formula is C36H48FN9O5S2. The van der Waals surface area contributed by atoms with Crippen molar-refractivity contribution in [1.82, 2.24) is 20.9 Å². The van der Waals surface area contributed by atoms with Crippen molar-refractivity contribution in [3.63, 3.8) is 0 Å². The third-order valence-corrected chi connectivity index (χ3v) is 9.63. The van der Waals surface area contributed by atoms with Gasteiger partial charge in [-0.2, -0.15) is 0 Å². The van der Waals surface area contributed by atoms with Gasteiger partial charge in [0.2, 0.25) is 17.7 Å². The minimum atomic E-state index is -1.07. The summed E-state index contributed by atoms with van der Waals surface area (Å²) < 4.78 is 13.7. The van der Waals surface area contributed by atoms with Crippen LogP contribution in [0.5, 0.6) is 0 Å². The fraction of sp³-hybridized carbons (Fsp3) is 0.417. The van der Waals surface area contributed by atoms with Crippen LogP contribution in [-0.4, -0.2) is 75.9 Å². The van der Waals surface area contributed by atoms with E-state index >= 15 is 0 Å². The van der Waals surface area contributed by atoms with Crippen LogP contribution in [-0.2, 0) is 25.7 Å². The molecule has 1 fully saturated rings. The lowest BCUT2D eigenvalue weighted by Gasteiger charge is -2.25. The van der Waals surface area contributed by atoms with Crippen molar-refractivity contribution in [2.24, 2.45) is 27.9 Å². The zero-order chi connectivity index (χ0) is 38.9. The molecule has 1 aliphatic rings. The Labute approximate surface area is 318 Å². The number of rotatable bonds is 21. The monoisotopic (exact) mass is 769 g/mol. The fourth-order valence-corrected chi connectivity index (χ4v) is 6.56. The summed E-state index contributed by atoms with van der Waals surface area (Å²) in [7, 11) is 0. The van der Waals surface area contributed by atoms with Crippen LogP contribution in [0.1, 0.15) is 79.8 Å². The van der Waals surface area contributed by atoms with Gasteiger partial charge in [0.05, 0.1) is 11.4 Å². The number of amides is 5. The molecule has 1 heterocycles. The van der Waals surface area contributed by atoms with Crippen molar-refractivity contribution in [2.75, 3.05) is 13.1 Å². The number of aliphatic imine (C=N–C) groups is 1. The Hall–Kier alpha value is -4.87. The van der Waals surface area contributed by atoms with Gasteiger partial charge in [0.1, 0.15) is 28.3 Å². The summed E-state index contributed by atoms with van der Waals surface area (Å²) >= 11 is 6.56. The zero-order valence-corrected chi connectivity index (χ0v) is 31.3. The minimum absolute atomic E-state index is 0.117. The van der Waals surface area contributed by atoms with Crippen LogP contribution in [0.2, 0.25) is 0 Å². The van der Waals surface area contributed by atoms with Crippen molar-refractivity contribution in [1.29, 1.82) is 0 Å². The summed E-state index contributed by atoms with van der Waals surface area (Å²) in [4.78, 5) is 71.3. The second-order valence-corrected chi connectivity index (χ2v) is 14.1. The average molecular weight is 770 g/mol. The van der Waals surface area contributed by atoms with Crippen molar-refractivity contribution >= 4 is 69.9 Å². The minimum Gasteiger partial charge on any atom is -0.370 e. The van der Waals surface area contributed by atoms with Gasteiger partial charge in [0.15, 0.2) is 5.96 Å². The van der Waals surface area contributed by atoms with E-state index in [1.807, 2.05) is 6.92 Å². The van der Waals surface area contributed by atoms with E-state index < -0.39 is 41.8 Å². The number of hydrogen-bond acceptors (Lipinski definition) is 9. The molecule has 286 valence electrons. The van der Waals surface area contributed by atoms with Crippen molar-refractivity contribution in [3.05, 3.63) is 75.9 Å². The number of thioether (sulfide) groups is 1. The SMILES string of the molecule is CCCC[C@H](NC(=O)[C@H](CCCCN)NC(=O)[C@H](CCCN=C(N)N)NC(=O)c1ccc(/C=C2\SC(=S)N(Cc3ccc(F)cc3)C2=O)cc1)C(N)=O. The molecule has 0 saturated carbocycles. The van der Waals surface area contributed by atoms with Gasteiger partial charge < -0.3 is 38.9 Å². The van der Waals surface area contributed by atoms with Gasteiger partial charge in [-0.3, -0.25) is 33.9 Å². The van der Waals surface area contributed by atoms with Crippen LogP contribution in [0, 0.1) is 5.82 Å². The molecule has 2 aromatic carbocycles. The van der Waals surface area contributed by atoms with Gasteiger partial charge >= 0.3 is 0 Å². The molecule has 0 radical (unpaired) electrons. The maximum absolute atomic E-state index is 13.7. The molecule has 17 heteroatoms. The van der Waals surface area contributed by atoms with E-state index in [4.69, 9.17) is 35.2 Å². The van der Waals surface area contributed by atoms with E-state index in [0.717, 1.165) is 23.7 Å². The Kier molecular flexibility index (Phi) is 17.3. The van der Waals surface area contributed by atoms with Crippen LogP contribution in [0.4, 0.5) is 4.39 Å². The maximum Gasteiger partial charge on any atom is 0.266 e. The van der Waals surface area contributed by atoms with E-state index in [9.17, 15) is 28.4 Å². The van der Waals surface area contributed by atoms with E-state index in [2.05, 4.69) is 20.9 Å². The third-order valence-electron chi connectivity index (χ3n) is 8.25. The summed E-state index contributed by atoms with van der Waals surface area (Å²) in [5.74, 6) is -3.19. The Bertz CT molecular complexity index is 1670. The number of halogens is 1. The number of guanidine groups is 1. The van der Waals surface area contributed by atoms with Gasteiger partial charge in [-0.25, -0.2) is 4.39 Å². The largest absolute Gasteiger partial charge is 0.370 e. The molecule has 3 atom stereocenters. The number of nitrogens with zero attached hydrogens (tertiary/aromatic N) is 2. The first-order valence-corrected chi connectivity index (χ1v) is 18.6. The summed E-state index contributed by atoms with van der Waals surface area (Å²) in [6.07, 6.45) is 5.34. The number of nitrogens with one attached hydrogen (secondary N) is 3. The summed E-state index contributed by atoms with van der Waals surface area (Å²) in [5, 5.41) is 8.16. The first-order valence-electron chi connectivity index (χ1n) is 17.4. The van der Waals surface area contributed by atoms with Gasteiger partial charge in [-0.1, -0.05) is 68.0 Å². The second-order valence-electron chi connectivity index (χ2n) is 12.4. The van der Waals surface area contributed by atoms with Crippen LogP contribution < -0.4 is 38.9 Å². The molecule has 53 heavy (non-hydrogen) atoms. The molecule has 0 spiro atoms. The molecule has 11 N–H and O–H groups in total. The second kappa shape index (κ2) is 21.6. The van der Waals surface area contributed by atoms with E-state index in [1.54, 1.807) is 42.5 Å². The lowest BCUT2D eigenvalue weighted by molar-refractivity contribution is -0.132. The predicted octanol–water partition coefficient (Wildman–Crippen LogP) is 2.15. The summed E-state index contributed by atoms with van der Waals surface area (Å²) in [6, 6.07) is 9.25.